The van der Waals surface area contributed by atoms with E-state index in [0.717, 1.165) is 31.7 Å². The van der Waals surface area contributed by atoms with E-state index >= 15 is 0 Å². The van der Waals surface area contributed by atoms with Crippen LogP contribution < -0.4 is 5.73 Å². The minimum atomic E-state index is 0.0445. The number of fused-ring (bicyclic) bond motifs is 1. The summed E-state index contributed by atoms with van der Waals surface area (Å²) in [7, 11) is 0. The molecule has 0 bridgehead atoms. The van der Waals surface area contributed by atoms with E-state index in [0.29, 0.717) is 11.8 Å². The van der Waals surface area contributed by atoms with Gasteiger partial charge in [0.05, 0.1) is 5.92 Å². The van der Waals surface area contributed by atoms with Crippen molar-refractivity contribution in [1.82, 2.24) is 4.90 Å². The zero-order valence-corrected chi connectivity index (χ0v) is 12.7. The Morgan fingerprint density at radius 2 is 2.25 bits per heavy atom. The van der Waals surface area contributed by atoms with Gasteiger partial charge in [-0.3, -0.25) is 4.79 Å². The van der Waals surface area contributed by atoms with Crippen LogP contribution in [0.4, 0.5) is 0 Å². The second-order valence-electron chi connectivity index (χ2n) is 5.95. The highest BCUT2D eigenvalue weighted by atomic mass is 32.2. The number of amides is 1. The van der Waals surface area contributed by atoms with Gasteiger partial charge in [-0.2, -0.15) is 0 Å². The van der Waals surface area contributed by atoms with Crippen molar-refractivity contribution in [3.63, 3.8) is 0 Å². The summed E-state index contributed by atoms with van der Waals surface area (Å²) >= 11 is 1.80. The van der Waals surface area contributed by atoms with Crippen LogP contribution in [-0.2, 0) is 4.79 Å². The summed E-state index contributed by atoms with van der Waals surface area (Å²) in [6.45, 7) is 3.78. The Bertz CT molecular complexity index is 503. The van der Waals surface area contributed by atoms with Gasteiger partial charge in [-0.25, -0.2) is 0 Å². The number of carbonyl (C=O) groups is 1. The summed E-state index contributed by atoms with van der Waals surface area (Å²) in [5, 5.41) is 0. The molecule has 0 unspecified atom stereocenters. The van der Waals surface area contributed by atoms with Gasteiger partial charge < -0.3 is 10.6 Å². The van der Waals surface area contributed by atoms with E-state index in [1.165, 1.54) is 10.5 Å². The van der Waals surface area contributed by atoms with Crippen molar-refractivity contribution in [3.8, 4) is 0 Å². The van der Waals surface area contributed by atoms with Crippen LogP contribution in [0.2, 0.25) is 0 Å². The van der Waals surface area contributed by atoms with E-state index in [9.17, 15) is 4.79 Å². The molecule has 0 spiro atoms. The summed E-state index contributed by atoms with van der Waals surface area (Å²) in [6.07, 6.45) is 2.23. The fourth-order valence-corrected chi connectivity index (χ4v) is 4.45. The lowest BCUT2D eigenvalue weighted by Crippen LogP contribution is -2.46. The molecule has 0 aromatic heterocycles. The number of hydrogen-bond donors (Lipinski definition) is 1. The van der Waals surface area contributed by atoms with Gasteiger partial charge in [-0.05, 0) is 37.3 Å². The molecule has 4 heteroatoms. The third-order valence-electron chi connectivity index (χ3n) is 4.51. The Kier molecular flexibility index (Phi) is 4.03. The van der Waals surface area contributed by atoms with E-state index in [4.69, 9.17) is 5.73 Å². The lowest BCUT2D eigenvalue weighted by Gasteiger charge is -2.36. The summed E-state index contributed by atoms with van der Waals surface area (Å²) in [5.74, 6) is 1.69. The van der Waals surface area contributed by atoms with Gasteiger partial charge in [0, 0.05) is 29.8 Å². The largest absolute Gasteiger partial charge is 0.342 e. The molecular formula is C16H22N2OS. The van der Waals surface area contributed by atoms with E-state index in [1.807, 2.05) is 17.0 Å². The van der Waals surface area contributed by atoms with Crippen LogP contribution in [0.1, 0.15) is 31.2 Å². The van der Waals surface area contributed by atoms with Crippen molar-refractivity contribution < 1.29 is 4.79 Å². The van der Waals surface area contributed by atoms with Crippen LogP contribution in [0.25, 0.3) is 0 Å². The predicted molar refractivity (Wildman–Crippen MR) is 82.9 cm³/mol. The molecule has 20 heavy (non-hydrogen) atoms. The fraction of sp³-hybridized carbons (Fsp3) is 0.562. The van der Waals surface area contributed by atoms with E-state index < -0.39 is 0 Å². The highest BCUT2D eigenvalue weighted by molar-refractivity contribution is 7.99. The third kappa shape index (κ3) is 2.59. The summed E-state index contributed by atoms with van der Waals surface area (Å²) in [6, 6.07) is 8.48. The van der Waals surface area contributed by atoms with Gasteiger partial charge in [0.2, 0.25) is 5.91 Å². The van der Waals surface area contributed by atoms with Crippen molar-refractivity contribution in [1.29, 1.82) is 0 Å². The highest BCUT2D eigenvalue weighted by Crippen LogP contribution is 2.40. The van der Waals surface area contributed by atoms with Gasteiger partial charge >= 0.3 is 0 Å². The van der Waals surface area contributed by atoms with Crippen LogP contribution in [0.15, 0.2) is 29.2 Å². The standard InChI is InChI=1S/C16H22N2OS/c1-11(17)12-5-4-8-18(9-12)16(19)14-10-20-15-7-3-2-6-13(14)15/h2-3,6-7,11-12,14H,4-5,8-10,17H2,1H3/t11-,12-,14-/m0/s1. The van der Waals surface area contributed by atoms with Gasteiger partial charge in [-0.15, -0.1) is 11.8 Å². The molecule has 3 atom stereocenters. The molecule has 2 N–H and O–H groups in total. The lowest BCUT2D eigenvalue weighted by atomic mass is 9.90. The quantitative estimate of drug-likeness (QED) is 0.910. The zero-order chi connectivity index (χ0) is 14.1. The van der Waals surface area contributed by atoms with Gasteiger partial charge in [0.25, 0.3) is 0 Å². The molecule has 2 heterocycles. The third-order valence-corrected chi connectivity index (χ3v) is 5.69. The number of carbonyl (C=O) groups excluding carboxylic acids is 1. The van der Waals surface area contributed by atoms with Crippen molar-refractivity contribution in [2.45, 2.75) is 36.6 Å². The Balaban J connectivity index is 1.74. The Morgan fingerprint density at radius 1 is 1.45 bits per heavy atom. The molecule has 1 aromatic rings. The van der Waals surface area contributed by atoms with Gasteiger partial charge in [-0.1, -0.05) is 18.2 Å². The molecule has 108 valence electrons. The second kappa shape index (κ2) is 5.78. The number of likely N-dealkylation sites (tertiary alicyclic amines) is 1. The molecule has 1 amide bonds. The number of thioether (sulfide) groups is 1. The van der Waals surface area contributed by atoms with Crippen molar-refractivity contribution in [2.75, 3.05) is 18.8 Å². The molecular weight excluding hydrogens is 268 g/mol. The lowest BCUT2D eigenvalue weighted by molar-refractivity contribution is -0.134. The van der Waals surface area contributed by atoms with Crippen molar-refractivity contribution in [2.24, 2.45) is 11.7 Å². The number of piperidine rings is 1. The van der Waals surface area contributed by atoms with Crippen LogP contribution in [0.3, 0.4) is 0 Å². The normalized spacial score (nSPS) is 27.2. The maximum absolute atomic E-state index is 12.8. The molecule has 3 rings (SSSR count). The Labute approximate surface area is 124 Å². The minimum Gasteiger partial charge on any atom is -0.342 e. The van der Waals surface area contributed by atoms with Crippen LogP contribution in [0, 0.1) is 5.92 Å². The first-order valence-electron chi connectivity index (χ1n) is 7.43. The average Bonchev–Trinajstić information content (AvgIpc) is 2.90. The van der Waals surface area contributed by atoms with Gasteiger partial charge in [0.1, 0.15) is 0 Å². The summed E-state index contributed by atoms with van der Waals surface area (Å²) in [5.41, 5.74) is 7.23. The smallest absolute Gasteiger partial charge is 0.231 e. The maximum Gasteiger partial charge on any atom is 0.231 e. The molecule has 0 saturated carbocycles. The van der Waals surface area contributed by atoms with Crippen LogP contribution in [-0.4, -0.2) is 35.7 Å². The van der Waals surface area contributed by atoms with E-state index in [-0.39, 0.29) is 12.0 Å². The fourth-order valence-electron chi connectivity index (χ4n) is 3.23. The number of benzene rings is 1. The number of hydrogen-bond acceptors (Lipinski definition) is 3. The monoisotopic (exact) mass is 290 g/mol. The second-order valence-corrected chi connectivity index (χ2v) is 7.01. The minimum absolute atomic E-state index is 0.0445. The molecule has 2 aliphatic rings. The Morgan fingerprint density at radius 3 is 3.05 bits per heavy atom. The first kappa shape index (κ1) is 14.0. The molecule has 1 fully saturated rings. The van der Waals surface area contributed by atoms with Crippen molar-refractivity contribution >= 4 is 17.7 Å². The average molecular weight is 290 g/mol. The number of nitrogens with two attached hydrogens (primary N) is 1. The van der Waals surface area contributed by atoms with Crippen LogP contribution in [0.5, 0.6) is 0 Å². The SMILES string of the molecule is C[C@H](N)[C@H]1CCCN(C(=O)[C@H]2CSc3ccccc32)C1. The first-order valence-corrected chi connectivity index (χ1v) is 8.41. The molecule has 3 nitrogen and oxygen atoms in total. The number of nitrogens with zero attached hydrogens (tertiary/aromatic N) is 1. The molecule has 1 aromatic carbocycles. The highest BCUT2D eigenvalue weighted by Gasteiger charge is 2.34. The Hall–Kier alpha value is -1.00. The first-order chi connectivity index (χ1) is 9.66. The molecule has 0 aliphatic carbocycles. The molecule has 2 aliphatic heterocycles. The van der Waals surface area contributed by atoms with E-state index in [2.05, 4.69) is 19.1 Å². The summed E-state index contributed by atoms with van der Waals surface area (Å²) < 4.78 is 0. The molecule has 0 radical (unpaired) electrons. The van der Waals surface area contributed by atoms with Crippen LogP contribution >= 0.6 is 11.8 Å². The maximum atomic E-state index is 12.8. The predicted octanol–water partition coefficient (Wildman–Crippen LogP) is 2.46. The number of rotatable bonds is 2. The topological polar surface area (TPSA) is 46.3 Å². The summed E-state index contributed by atoms with van der Waals surface area (Å²) in [4.78, 5) is 16.1. The van der Waals surface area contributed by atoms with Crippen molar-refractivity contribution in [3.05, 3.63) is 29.8 Å². The zero-order valence-electron chi connectivity index (χ0n) is 11.9. The van der Waals surface area contributed by atoms with Gasteiger partial charge in [0.15, 0.2) is 0 Å². The molecule has 1 saturated heterocycles. The van der Waals surface area contributed by atoms with E-state index in [1.54, 1.807) is 11.8 Å².